The normalized spacial score (nSPS) is 18.3. The zero-order valence-electron chi connectivity index (χ0n) is 32.4. The molecule has 0 unspecified atom stereocenters. The fraction of sp³-hybridized carbons (Fsp3) is 0.244. The average Bonchev–Trinajstić information content (AvgIpc) is 3.85. The van der Waals surface area contributed by atoms with Crippen molar-refractivity contribution in [3.63, 3.8) is 0 Å². The van der Waals surface area contributed by atoms with Crippen molar-refractivity contribution < 1.29 is 24.1 Å². The number of aliphatic hydroxyl groups excluding tert-OH is 1. The Kier molecular flexibility index (Phi) is 12.2. The van der Waals surface area contributed by atoms with E-state index in [1.54, 1.807) is 50.6 Å². The standard InChI is InChI=1S/C45H40Cl4N4O7/c1-57-36-12-8-28(9-13-36)45(27-6-4-3-5-7-27,29-10-14-37(58-2)15-11-29)59-26-40-39(54)24-41(60-40)53-25-38(42(55)50-44(53)56)43-51(34-20-30(46)18-31(47)21-34)16-17-52(43)35-22-32(48)19-33(49)23-35/h3-15,18-23,25,39-41,43,54H,16-17,24,26H2,1-2H3,(H,50,55,56)/t39-,40+,41+/m0/s1. The molecule has 310 valence electrons. The molecule has 6 aromatic rings. The quantitative estimate of drug-likeness (QED) is 0.116. The smallest absolute Gasteiger partial charge is 0.330 e. The van der Waals surface area contributed by atoms with Crippen molar-refractivity contribution in [1.82, 2.24) is 9.55 Å². The van der Waals surface area contributed by atoms with Gasteiger partial charge in [-0.25, -0.2) is 4.79 Å². The molecule has 15 heteroatoms. The summed E-state index contributed by atoms with van der Waals surface area (Å²) in [7, 11) is 3.21. The molecule has 1 aromatic heterocycles. The van der Waals surface area contributed by atoms with Crippen LogP contribution in [0, 0.1) is 0 Å². The van der Waals surface area contributed by atoms with Crippen LogP contribution >= 0.6 is 46.4 Å². The summed E-state index contributed by atoms with van der Waals surface area (Å²) in [5.74, 6) is 1.35. The van der Waals surface area contributed by atoms with Gasteiger partial charge in [-0.1, -0.05) is 101 Å². The Balaban J connectivity index is 1.15. The Hall–Kier alpha value is -4.98. The van der Waals surface area contributed by atoms with Crippen LogP contribution in [0.15, 0.2) is 131 Å². The lowest BCUT2D eigenvalue weighted by Gasteiger charge is -2.37. The second-order valence-electron chi connectivity index (χ2n) is 14.5. The Morgan fingerprint density at radius 1 is 0.717 bits per heavy atom. The molecule has 0 bridgehead atoms. The summed E-state index contributed by atoms with van der Waals surface area (Å²) in [6.45, 7) is 0.826. The van der Waals surface area contributed by atoms with Gasteiger partial charge >= 0.3 is 5.69 Å². The van der Waals surface area contributed by atoms with Gasteiger partial charge in [-0.3, -0.25) is 14.3 Å². The zero-order valence-corrected chi connectivity index (χ0v) is 35.5. The number of benzene rings is 5. The van der Waals surface area contributed by atoms with Crippen LogP contribution in [-0.2, 0) is 15.1 Å². The van der Waals surface area contributed by atoms with Crippen LogP contribution in [0.1, 0.15) is 41.1 Å². The van der Waals surface area contributed by atoms with Crippen molar-refractivity contribution >= 4 is 57.8 Å². The first-order valence-electron chi connectivity index (χ1n) is 19.1. The molecule has 2 N–H and O–H groups in total. The van der Waals surface area contributed by atoms with Gasteiger partial charge in [0, 0.05) is 57.2 Å². The Morgan fingerprint density at radius 2 is 1.20 bits per heavy atom. The van der Waals surface area contributed by atoms with Gasteiger partial charge < -0.3 is 33.9 Å². The van der Waals surface area contributed by atoms with Gasteiger partial charge in [0.05, 0.1) is 32.5 Å². The van der Waals surface area contributed by atoms with Gasteiger partial charge in [-0.2, -0.15) is 0 Å². The number of hydrogen-bond donors (Lipinski definition) is 2. The van der Waals surface area contributed by atoms with Crippen LogP contribution in [0.4, 0.5) is 11.4 Å². The first-order valence-corrected chi connectivity index (χ1v) is 20.6. The number of anilines is 2. The molecule has 0 spiro atoms. The number of H-pyrrole nitrogens is 1. The number of rotatable bonds is 12. The number of aliphatic hydroxyl groups is 1. The highest BCUT2D eigenvalue weighted by Gasteiger charge is 2.43. The number of methoxy groups -OCH3 is 2. The zero-order chi connectivity index (χ0) is 42.1. The molecule has 5 aromatic carbocycles. The third-order valence-corrected chi connectivity index (χ3v) is 11.8. The minimum Gasteiger partial charge on any atom is -0.497 e. The topological polar surface area (TPSA) is 118 Å². The Labute approximate surface area is 366 Å². The van der Waals surface area contributed by atoms with E-state index in [9.17, 15) is 14.7 Å². The summed E-state index contributed by atoms with van der Waals surface area (Å²) in [4.78, 5) is 34.0. The summed E-state index contributed by atoms with van der Waals surface area (Å²) < 4.78 is 25.8. The third-order valence-electron chi connectivity index (χ3n) is 11.0. The second kappa shape index (κ2) is 17.6. The van der Waals surface area contributed by atoms with E-state index < -0.39 is 41.5 Å². The van der Waals surface area contributed by atoms with Gasteiger partial charge in [-0.15, -0.1) is 0 Å². The molecule has 2 fully saturated rings. The van der Waals surface area contributed by atoms with E-state index >= 15 is 0 Å². The fourth-order valence-electron chi connectivity index (χ4n) is 8.13. The molecule has 2 aliphatic rings. The number of nitrogens with zero attached hydrogens (tertiary/aromatic N) is 3. The maximum Gasteiger partial charge on any atom is 0.330 e. The minimum atomic E-state index is -1.18. The number of halogens is 4. The summed E-state index contributed by atoms with van der Waals surface area (Å²) >= 11 is 25.8. The molecule has 0 amide bonds. The molecule has 11 nitrogen and oxygen atoms in total. The largest absolute Gasteiger partial charge is 0.497 e. The summed E-state index contributed by atoms with van der Waals surface area (Å²) in [6, 6.07) is 35.3. The van der Waals surface area contributed by atoms with Crippen molar-refractivity contribution in [2.24, 2.45) is 0 Å². The number of aromatic nitrogens is 2. The van der Waals surface area contributed by atoms with Crippen molar-refractivity contribution in [1.29, 1.82) is 0 Å². The SMILES string of the molecule is COc1ccc(C(OC[C@H]2O[C@@H](n3cc(C4N(c5cc(Cl)cc(Cl)c5)CCN4c4cc(Cl)cc(Cl)c4)c(=O)[nH]c3=O)C[C@@H]2O)(c2ccccc2)c2ccc(OC)cc2)cc1. The molecule has 3 heterocycles. The number of nitrogens with one attached hydrogen (secondary N) is 1. The van der Waals surface area contributed by atoms with Crippen LogP contribution in [0.5, 0.6) is 11.5 Å². The number of aromatic amines is 1. The summed E-state index contributed by atoms with van der Waals surface area (Å²) in [5.41, 5.74) is 1.49. The maximum absolute atomic E-state index is 13.9. The van der Waals surface area contributed by atoms with Crippen LogP contribution in [0.3, 0.4) is 0 Å². The number of ether oxygens (including phenoxy) is 4. The van der Waals surface area contributed by atoms with Gasteiger partial charge in [0.1, 0.15) is 35.6 Å². The molecular weight excluding hydrogens is 850 g/mol. The van der Waals surface area contributed by atoms with E-state index in [1.165, 1.54) is 10.8 Å². The van der Waals surface area contributed by atoms with E-state index in [-0.39, 0.29) is 18.6 Å². The van der Waals surface area contributed by atoms with E-state index in [1.807, 2.05) is 88.7 Å². The molecule has 60 heavy (non-hydrogen) atoms. The average molecular weight is 891 g/mol. The highest BCUT2D eigenvalue weighted by Crippen LogP contribution is 2.44. The highest BCUT2D eigenvalue weighted by atomic mass is 35.5. The van der Waals surface area contributed by atoms with Crippen LogP contribution in [0.25, 0.3) is 0 Å². The third kappa shape index (κ3) is 8.23. The van der Waals surface area contributed by atoms with Crippen molar-refractivity contribution in [3.05, 3.63) is 185 Å². The number of hydrogen-bond acceptors (Lipinski definition) is 9. The van der Waals surface area contributed by atoms with Crippen molar-refractivity contribution in [3.8, 4) is 11.5 Å². The second-order valence-corrected chi connectivity index (χ2v) is 16.3. The monoisotopic (exact) mass is 888 g/mol. The molecule has 0 aliphatic carbocycles. The van der Waals surface area contributed by atoms with E-state index in [2.05, 4.69) is 4.98 Å². The van der Waals surface area contributed by atoms with Crippen LogP contribution in [-0.4, -0.2) is 60.8 Å². The lowest BCUT2D eigenvalue weighted by atomic mass is 9.80. The Bertz CT molecular complexity index is 2440. The molecule has 8 rings (SSSR count). The highest BCUT2D eigenvalue weighted by molar-refractivity contribution is 6.35. The molecule has 0 radical (unpaired) electrons. The lowest BCUT2D eigenvalue weighted by Crippen LogP contribution is -2.40. The van der Waals surface area contributed by atoms with Gasteiger partial charge in [0.2, 0.25) is 0 Å². The predicted molar refractivity (Wildman–Crippen MR) is 234 cm³/mol. The first kappa shape index (κ1) is 41.7. The minimum absolute atomic E-state index is 0.0364. The molecule has 0 saturated carbocycles. The molecule has 2 aliphatic heterocycles. The van der Waals surface area contributed by atoms with Crippen molar-refractivity contribution in [2.45, 2.75) is 36.6 Å². The van der Waals surface area contributed by atoms with E-state index in [0.717, 1.165) is 16.7 Å². The first-order chi connectivity index (χ1) is 29.0. The lowest BCUT2D eigenvalue weighted by molar-refractivity contribution is -0.0944. The summed E-state index contributed by atoms with van der Waals surface area (Å²) in [5, 5.41) is 13.2. The fourth-order valence-corrected chi connectivity index (χ4v) is 9.16. The predicted octanol–water partition coefficient (Wildman–Crippen LogP) is 8.85. The van der Waals surface area contributed by atoms with Gasteiger partial charge in [0.25, 0.3) is 5.56 Å². The van der Waals surface area contributed by atoms with Crippen LogP contribution in [0.2, 0.25) is 20.1 Å². The molecule has 2 saturated heterocycles. The maximum atomic E-state index is 13.9. The Morgan fingerprint density at radius 3 is 1.68 bits per heavy atom. The van der Waals surface area contributed by atoms with Gasteiger partial charge in [0.15, 0.2) is 0 Å². The molecule has 3 atom stereocenters. The van der Waals surface area contributed by atoms with E-state index in [0.29, 0.717) is 56.1 Å². The van der Waals surface area contributed by atoms with Gasteiger partial charge in [-0.05, 0) is 77.4 Å². The molecular formula is C45H40Cl4N4O7. The van der Waals surface area contributed by atoms with Crippen molar-refractivity contribution in [2.75, 3.05) is 43.7 Å². The summed E-state index contributed by atoms with van der Waals surface area (Å²) in [6.07, 6.45) is -2.13. The van der Waals surface area contributed by atoms with Crippen LogP contribution < -0.4 is 30.5 Å². The van der Waals surface area contributed by atoms with E-state index in [4.69, 9.17) is 65.4 Å².